The Hall–Kier alpha value is -6.68. The van der Waals surface area contributed by atoms with Gasteiger partial charge in [-0.3, -0.25) is 52.7 Å². The van der Waals surface area contributed by atoms with Crippen LogP contribution in [0.1, 0.15) is 156 Å². The first kappa shape index (κ1) is 80.3. The zero-order valence-electron chi connectivity index (χ0n) is 57.8. The smallest absolute Gasteiger partial charge is 0.246 e. The van der Waals surface area contributed by atoms with Crippen molar-refractivity contribution >= 4 is 65.0 Å². The largest absolute Gasteiger partial charge is 0.390 e. The van der Waals surface area contributed by atoms with Gasteiger partial charge in [-0.2, -0.15) is 5.26 Å². The lowest BCUT2D eigenvalue weighted by atomic mass is 9.91. The molecule has 1 heterocycles. The van der Waals surface area contributed by atoms with Gasteiger partial charge in [0, 0.05) is 62.4 Å². The molecule has 1 aliphatic rings. The summed E-state index contributed by atoms with van der Waals surface area (Å²) in [6, 6.07) is -11.0. The van der Waals surface area contributed by atoms with Gasteiger partial charge in [0.1, 0.15) is 60.4 Å². The average molecular weight is 1260 g/mol. The van der Waals surface area contributed by atoms with Crippen LogP contribution in [0.4, 0.5) is 0 Å². The number of nitrogens with zero attached hydrogens (tertiary/aromatic N) is 8. The van der Waals surface area contributed by atoms with Crippen LogP contribution < -0.4 is 21.3 Å². The zero-order valence-corrected chi connectivity index (χ0v) is 57.8. The van der Waals surface area contributed by atoms with Crippen molar-refractivity contribution in [1.82, 2.24) is 55.6 Å². The Morgan fingerprint density at radius 2 is 1.02 bits per heavy atom. The van der Waals surface area contributed by atoms with E-state index in [-0.39, 0.29) is 62.9 Å². The van der Waals surface area contributed by atoms with Crippen LogP contribution in [0.5, 0.6) is 0 Å². The molecule has 0 aromatic carbocycles. The molecule has 506 valence electrons. The molecular formula is C64H112N12O13. The molecule has 1 saturated heterocycles. The van der Waals surface area contributed by atoms with Gasteiger partial charge in [-0.25, -0.2) is 0 Å². The Morgan fingerprint density at radius 1 is 0.551 bits per heavy atom. The third-order valence-electron chi connectivity index (χ3n) is 16.6. The number of carbonyl (C=O) groups is 11. The number of hydrogen-bond donors (Lipinski definition) is 5. The summed E-state index contributed by atoms with van der Waals surface area (Å²) < 4.78 is 6.02. The highest BCUT2D eigenvalue weighted by Crippen LogP contribution is 2.26. The van der Waals surface area contributed by atoms with Gasteiger partial charge in [0.05, 0.1) is 24.8 Å². The number of allylic oxidation sites excluding steroid dienone is 2. The third-order valence-corrected chi connectivity index (χ3v) is 16.6. The van der Waals surface area contributed by atoms with E-state index in [1.807, 2.05) is 47.6 Å². The fraction of sp³-hybridized carbons (Fsp3) is 0.781. The van der Waals surface area contributed by atoms with Crippen LogP contribution in [0.2, 0.25) is 0 Å². The Bertz CT molecular complexity index is 2480. The molecule has 0 unspecified atom stereocenters. The summed E-state index contributed by atoms with van der Waals surface area (Å²) in [6.45, 7) is 26.8. The first-order chi connectivity index (χ1) is 41.3. The SMILES string of the molecule is C/C=C/C[C@@H](C)[C@@H](O)[C@@H]1C(=O)N[C@@H](CC)C(=O)N(C)CC(=O)N(C)[C@@H]([C@@H](C)OCCCC#N)C(=O)N[C@@H](C(C)C)C(=O)N(C)[C@@H](CC(C)C)C(=O)N[C@@H](C)C(=O)N[C@H](C)C(=O)N(C)[C@@H](CC(C)C)C(=O)N(C)[C@@H](CC(C)C)C(=O)N(C)[C@H](C(C)C)C(=O)N1C. The van der Waals surface area contributed by atoms with Crippen molar-refractivity contribution in [2.24, 2.45) is 35.5 Å². The molecular weight excluding hydrogens is 1140 g/mol. The predicted molar refractivity (Wildman–Crippen MR) is 339 cm³/mol. The van der Waals surface area contributed by atoms with Gasteiger partial charge in [-0.1, -0.05) is 95.2 Å². The zero-order chi connectivity index (χ0) is 68.8. The van der Waals surface area contributed by atoms with Gasteiger partial charge >= 0.3 is 0 Å². The number of nitriles is 1. The highest BCUT2D eigenvalue weighted by Gasteiger charge is 2.46. The van der Waals surface area contributed by atoms with Crippen LogP contribution in [-0.2, 0) is 57.5 Å². The molecule has 0 radical (unpaired) electrons. The molecule has 25 heteroatoms. The topological polar surface area (TPSA) is 312 Å². The normalized spacial score (nSPS) is 26.4. The van der Waals surface area contributed by atoms with E-state index < -0.39 is 162 Å². The minimum absolute atomic E-state index is 0.0186. The monoisotopic (exact) mass is 1260 g/mol. The second-order valence-corrected chi connectivity index (χ2v) is 26.2. The molecule has 1 fully saturated rings. The van der Waals surface area contributed by atoms with Crippen LogP contribution in [0.15, 0.2) is 12.2 Å². The summed E-state index contributed by atoms with van der Waals surface area (Å²) in [7, 11) is 9.70. The van der Waals surface area contributed by atoms with Crippen LogP contribution >= 0.6 is 0 Å². The van der Waals surface area contributed by atoms with Crippen LogP contribution in [0.3, 0.4) is 0 Å². The molecule has 0 aromatic heterocycles. The fourth-order valence-corrected chi connectivity index (χ4v) is 11.0. The van der Waals surface area contributed by atoms with Gasteiger partial charge in [0.2, 0.25) is 65.0 Å². The number of ether oxygens (including phenoxy) is 1. The number of aliphatic hydroxyl groups excluding tert-OH is 1. The van der Waals surface area contributed by atoms with Gasteiger partial charge in [-0.15, -0.1) is 0 Å². The number of nitrogens with one attached hydrogen (secondary N) is 4. The Labute approximate surface area is 531 Å². The molecule has 89 heavy (non-hydrogen) atoms. The molecule has 1 rings (SSSR count). The lowest BCUT2D eigenvalue weighted by Crippen LogP contribution is -2.63. The lowest BCUT2D eigenvalue weighted by Gasteiger charge is -2.41. The summed E-state index contributed by atoms with van der Waals surface area (Å²) in [4.78, 5) is 169. The number of rotatable bonds is 18. The van der Waals surface area contributed by atoms with E-state index in [1.165, 1.54) is 82.8 Å². The van der Waals surface area contributed by atoms with Crippen molar-refractivity contribution in [3.63, 3.8) is 0 Å². The van der Waals surface area contributed by atoms with E-state index in [9.17, 15) is 53.5 Å². The van der Waals surface area contributed by atoms with Crippen LogP contribution in [0, 0.1) is 46.8 Å². The minimum Gasteiger partial charge on any atom is -0.390 e. The highest BCUT2D eigenvalue weighted by molar-refractivity contribution is 5.99. The van der Waals surface area contributed by atoms with Crippen molar-refractivity contribution in [2.75, 3.05) is 62.5 Å². The second kappa shape index (κ2) is 37.5. The molecule has 5 N–H and O–H groups in total. The Morgan fingerprint density at radius 3 is 1.51 bits per heavy atom. The van der Waals surface area contributed by atoms with E-state index >= 15 is 9.59 Å². The maximum absolute atomic E-state index is 15.2. The first-order valence-electron chi connectivity index (χ1n) is 31.6. The maximum atomic E-state index is 15.2. The van der Waals surface area contributed by atoms with E-state index in [0.29, 0.717) is 6.42 Å². The minimum atomic E-state index is -1.64. The Balaban J connectivity index is 4.39. The first-order valence-corrected chi connectivity index (χ1v) is 31.6. The van der Waals surface area contributed by atoms with Gasteiger partial charge in [-0.05, 0) is 102 Å². The summed E-state index contributed by atoms with van der Waals surface area (Å²) in [5.41, 5.74) is 0. The molecule has 13 atom stereocenters. The lowest BCUT2D eigenvalue weighted by molar-refractivity contribution is -0.157. The number of unbranched alkanes of at least 4 members (excludes halogenated alkanes) is 1. The van der Waals surface area contributed by atoms with Crippen molar-refractivity contribution in [3.8, 4) is 6.07 Å². The van der Waals surface area contributed by atoms with Crippen LogP contribution in [-0.4, -0.2) is 239 Å². The van der Waals surface area contributed by atoms with Crippen molar-refractivity contribution < 1.29 is 62.6 Å². The van der Waals surface area contributed by atoms with E-state index in [1.54, 1.807) is 67.5 Å². The Kier molecular flexibility index (Phi) is 33.8. The number of hydrogen-bond acceptors (Lipinski definition) is 14. The maximum Gasteiger partial charge on any atom is 0.246 e. The third kappa shape index (κ3) is 22.9. The molecule has 0 aliphatic carbocycles. The average Bonchev–Trinajstić information content (AvgIpc) is 0.987. The molecule has 1 aliphatic heterocycles. The van der Waals surface area contributed by atoms with Gasteiger partial charge in [0.25, 0.3) is 0 Å². The molecule has 0 bridgehead atoms. The quantitative estimate of drug-likeness (QED) is 0.0974. The predicted octanol–water partition coefficient (Wildman–Crippen LogP) is 2.93. The summed E-state index contributed by atoms with van der Waals surface area (Å²) >= 11 is 0. The number of aliphatic hydroxyl groups is 1. The van der Waals surface area contributed by atoms with Crippen molar-refractivity contribution in [1.29, 1.82) is 5.26 Å². The fourth-order valence-electron chi connectivity index (χ4n) is 11.0. The van der Waals surface area contributed by atoms with Crippen molar-refractivity contribution in [3.05, 3.63) is 12.2 Å². The standard InChI is InChI=1S/C64H112N12O13/c1-24-26-29-41(13)54(78)53-58(82)68-45(25-2)60(84)70(17)35-49(77)74(21)52(44(16)89-31-28-27-30-65)57(81)69-50(39(9)10)63(87)71(18)46(32-36(3)4)56(80)66-42(14)55(79)67-43(15)59(83)72(19)47(33-37(5)6)61(85)73(20)48(34-38(7)8)62(86)75(22)51(40(11)12)64(88)76(53)23/h24,26,36-48,50-54,78H,25,27-29,31-35H2,1-23H3,(H,66,80)(H,67,79)(H,68,82)(H,69,81)/b26-24+/t41-,42+,43-,44-,45+,46+,47+,48+,50+,51-,52+,53-,54-/m1/s1. The van der Waals surface area contributed by atoms with E-state index in [2.05, 4.69) is 21.3 Å². The summed E-state index contributed by atoms with van der Waals surface area (Å²) in [5.74, 6) is -10.3. The summed E-state index contributed by atoms with van der Waals surface area (Å²) in [6.07, 6.45) is 2.08. The van der Waals surface area contributed by atoms with E-state index in [4.69, 9.17) is 4.74 Å². The number of likely N-dealkylation sites (N-methyl/N-ethyl adjacent to an activating group) is 7. The molecule has 0 spiro atoms. The number of amides is 11. The summed E-state index contributed by atoms with van der Waals surface area (Å²) in [5, 5.41) is 32.2. The van der Waals surface area contributed by atoms with Crippen LogP contribution in [0.25, 0.3) is 0 Å². The molecule has 0 saturated carbocycles. The van der Waals surface area contributed by atoms with E-state index in [0.717, 1.165) is 14.7 Å². The molecule has 0 aromatic rings. The second-order valence-electron chi connectivity index (χ2n) is 26.2. The van der Waals surface area contributed by atoms with Gasteiger partial charge < -0.3 is 65.4 Å². The molecule has 25 nitrogen and oxygen atoms in total. The highest BCUT2D eigenvalue weighted by atomic mass is 16.5. The van der Waals surface area contributed by atoms with Crippen molar-refractivity contribution in [2.45, 2.75) is 228 Å². The van der Waals surface area contributed by atoms with Gasteiger partial charge in [0.15, 0.2) is 0 Å². The molecule has 11 amide bonds. The number of carbonyl (C=O) groups excluding carboxylic acids is 11.